The van der Waals surface area contributed by atoms with Crippen molar-refractivity contribution in [3.05, 3.63) is 34.5 Å². The van der Waals surface area contributed by atoms with Crippen LogP contribution in [0.1, 0.15) is 26.0 Å². The molecule has 1 atom stereocenters. The summed E-state index contributed by atoms with van der Waals surface area (Å²) >= 11 is 3.37. The van der Waals surface area contributed by atoms with Gasteiger partial charge in [0.2, 0.25) is 0 Å². The summed E-state index contributed by atoms with van der Waals surface area (Å²) in [7, 11) is 0. The Kier molecular flexibility index (Phi) is 3.96. The van der Waals surface area contributed by atoms with Gasteiger partial charge in [-0.15, -0.1) is 0 Å². The zero-order valence-electron chi connectivity index (χ0n) is 10.8. The summed E-state index contributed by atoms with van der Waals surface area (Å²) in [5, 5.41) is 11.2. The van der Waals surface area contributed by atoms with Crippen molar-refractivity contribution in [3.63, 3.8) is 0 Å². The zero-order chi connectivity index (χ0) is 14.0. The van der Waals surface area contributed by atoms with Crippen LogP contribution in [0.2, 0.25) is 0 Å². The first-order chi connectivity index (χ1) is 8.92. The van der Waals surface area contributed by atoms with E-state index in [1.165, 1.54) is 6.92 Å². The zero-order valence-corrected chi connectivity index (χ0v) is 12.4. The second-order valence-corrected chi connectivity index (χ2v) is 5.46. The van der Waals surface area contributed by atoms with E-state index in [-0.39, 0.29) is 6.42 Å². The number of halogens is 1. The number of furan rings is 1. The van der Waals surface area contributed by atoms with E-state index in [0.29, 0.717) is 18.0 Å². The van der Waals surface area contributed by atoms with E-state index in [4.69, 9.17) is 9.15 Å². The first-order valence-corrected chi connectivity index (χ1v) is 6.79. The number of hydrogen-bond donors (Lipinski definition) is 1. The summed E-state index contributed by atoms with van der Waals surface area (Å²) in [5.41, 5.74) is -0.708. The van der Waals surface area contributed by atoms with Gasteiger partial charge in [-0.1, -0.05) is 15.9 Å². The summed E-state index contributed by atoms with van der Waals surface area (Å²) in [4.78, 5) is 11.5. The molecule has 1 heterocycles. The minimum absolute atomic E-state index is 0.137. The number of carbonyl (C=O) groups excluding carboxylic acids is 1. The molecular formula is C14H15BrO4. The van der Waals surface area contributed by atoms with Gasteiger partial charge in [0.05, 0.1) is 13.0 Å². The number of carbonyl (C=O) groups is 1. The molecule has 0 bridgehead atoms. The molecule has 0 amide bonds. The SMILES string of the molecule is CCOC(=O)CC(C)(O)c1cc2cc(Br)ccc2o1. The van der Waals surface area contributed by atoms with E-state index in [1.807, 2.05) is 18.2 Å². The molecule has 4 nitrogen and oxygen atoms in total. The van der Waals surface area contributed by atoms with E-state index in [2.05, 4.69) is 15.9 Å². The smallest absolute Gasteiger partial charge is 0.309 e. The molecule has 0 fully saturated rings. The maximum absolute atomic E-state index is 11.5. The molecule has 2 rings (SSSR count). The Morgan fingerprint density at radius 3 is 2.89 bits per heavy atom. The van der Waals surface area contributed by atoms with Crippen LogP contribution in [0, 0.1) is 0 Å². The Bertz CT molecular complexity index is 601. The van der Waals surface area contributed by atoms with Crippen molar-refractivity contribution >= 4 is 32.9 Å². The van der Waals surface area contributed by atoms with E-state index >= 15 is 0 Å². The fourth-order valence-corrected chi connectivity index (χ4v) is 2.24. The van der Waals surface area contributed by atoms with Crippen molar-refractivity contribution in [3.8, 4) is 0 Å². The standard InChI is InChI=1S/C14H15BrO4/c1-3-18-13(16)8-14(2,17)12-7-9-6-10(15)4-5-11(9)19-12/h4-7,17H,3,8H2,1-2H3. The molecule has 5 heteroatoms. The lowest BCUT2D eigenvalue weighted by atomic mass is 9.99. The predicted octanol–water partition coefficient (Wildman–Crippen LogP) is 3.36. The summed E-state index contributed by atoms with van der Waals surface area (Å²) < 4.78 is 11.4. The van der Waals surface area contributed by atoms with Gasteiger partial charge >= 0.3 is 5.97 Å². The highest BCUT2D eigenvalue weighted by Gasteiger charge is 2.31. The average molecular weight is 327 g/mol. The first-order valence-electron chi connectivity index (χ1n) is 6.00. The number of ether oxygens (including phenoxy) is 1. The maximum atomic E-state index is 11.5. The Morgan fingerprint density at radius 1 is 1.47 bits per heavy atom. The lowest BCUT2D eigenvalue weighted by Crippen LogP contribution is -2.25. The molecule has 0 radical (unpaired) electrons. The van der Waals surface area contributed by atoms with Gasteiger partial charge in [0, 0.05) is 9.86 Å². The third-order valence-electron chi connectivity index (χ3n) is 2.80. The number of esters is 1. The third kappa shape index (κ3) is 3.16. The van der Waals surface area contributed by atoms with Crippen LogP contribution in [0.4, 0.5) is 0 Å². The van der Waals surface area contributed by atoms with Gasteiger partial charge < -0.3 is 14.3 Å². The van der Waals surface area contributed by atoms with E-state index in [0.717, 1.165) is 9.86 Å². The molecule has 102 valence electrons. The number of fused-ring (bicyclic) bond motifs is 1. The van der Waals surface area contributed by atoms with Gasteiger partial charge in [0.1, 0.15) is 16.9 Å². The molecular weight excluding hydrogens is 312 g/mol. The Labute approximate surface area is 119 Å². The normalized spacial score (nSPS) is 14.3. The quantitative estimate of drug-likeness (QED) is 0.875. The maximum Gasteiger partial charge on any atom is 0.309 e. The van der Waals surface area contributed by atoms with Gasteiger partial charge in [-0.25, -0.2) is 0 Å². The summed E-state index contributed by atoms with van der Waals surface area (Å²) in [6.07, 6.45) is -0.137. The van der Waals surface area contributed by atoms with E-state index in [9.17, 15) is 9.90 Å². The van der Waals surface area contributed by atoms with Crippen molar-refractivity contribution in [2.24, 2.45) is 0 Å². The van der Waals surface area contributed by atoms with Gasteiger partial charge in [0.25, 0.3) is 0 Å². The van der Waals surface area contributed by atoms with Crippen LogP contribution in [0.15, 0.2) is 33.2 Å². The molecule has 1 N–H and O–H groups in total. The number of benzene rings is 1. The first kappa shape index (κ1) is 14.1. The van der Waals surface area contributed by atoms with Crippen molar-refractivity contribution in [1.29, 1.82) is 0 Å². The largest absolute Gasteiger partial charge is 0.466 e. The highest BCUT2D eigenvalue weighted by molar-refractivity contribution is 9.10. The van der Waals surface area contributed by atoms with Crippen LogP contribution in [-0.4, -0.2) is 17.7 Å². The lowest BCUT2D eigenvalue weighted by Gasteiger charge is -2.19. The van der Waals surface area contributed by atoms with Crippen LogP contribution >= 0.6 is 15.9 Å². The van der Waals surface area contributed by atoms with Crippen LogP contribution < -0.4 is 0 Å². The second kappa shape index (κ2) is 5.35. The molecule has 0 aliphatic rings. The van der Waals surface area contributed by atoms with Crippen LogP contribution in [0.5, 0.6) is 0 Å². The highest BCUT2D eigenvalue weighted by Crippen LogP contribution is 2.31. The van der Waals surface area contributed by atoms with E-state index < -0.39 is 11.6 Å². The third-order valence-corrected chi connectivity index (χ3v) is 3.30. The molecule has 19 heavy (non-hydrogen) atoms. The van der Waals surface area contributed by atoms with Gasteiger partial charge in [-0.05, 0) is 38.1 Å². The average Bonchev–Trinajstić information content (AvgIpc) is 2.72. The Morgan fingerprint density at radius 2 is 2.21 bits per heavy atom. The van der Waals surface area contributed by atoms with Crippen molar-refractivity contribution in [2.75, 3.05) is 6.61 Å². The molecule has 2 aromatic rings. The second-order valence-electron chi connectivity index (χ2n) is 4.55. The molecule has 1 aromatic heterocycles. The number of rotatable bonds is 4. The molecule has 0 saturated carbocycles. The lowest BCUT2D eigenvalue weighted by molar-refractivity contribution is -0.149. The monoisotopic (exact) mass is 326 g/mol. The highest BCUT2D eigenvalue weighted by atomic mass is 79.9. The summed E-state index contributed by atoms with van der Waals surface area (Å²) in [6, 6.07) is 7.29. The van der Waals surface area contributed by atoms with Crippen molar-refractivity contribution < 1.29 is 19.1 Å². The summed E-state index contributed by atoms with van der Waals surface area (Å²) in [5.74, 6) is -0.0946. The van der Waals surface area contributed by atoms with Gasteiger partial charge in [-0.3, -0.25) is 4.79 Å². The minimum Gasteiger partial charge on any atom is -0.466 e. The topological polar surface area (TPSA) is 59.7 Å². The fourth-order valence-electron chi connectivity index (χ4n) is 1.86. The van der Waals surface area contributed by atoms with E-state index in [1.54, 1.807) is 13.0 Å². The van der Waals surface area contributed by atoms with Gasteiger partial charge in [-0.2, -0.15) is 0 Å². The molecule has 0 spiro atoms. The molecule has 0 aliphatic carbocycles. The number of aliphatic hydroxyl groups is 1. The molecule has 1 aromatic carbocycles. The van der Waals surface area contributed by atoms with Crippen molar-refractivity contribution in [1.82, 2.24) is 0 Å². The summed E-state index contributed by atoms with van der Waals surface area (Å²) in [6.45, 7) is 3.56. The van der Waals surface area contributed by atoms with Gasteiger partial charge in [0.15, 0.2) is 0 Å². The van der Waals surface area contributed by atoms with Crippen LogP contribution in [-0.2, 0) is 15.1 Å². The fraction of sp³-hybridized carbons (Fsp3) is 0.357. The van der Waals surface area contributed by atoms with Crippen molar-refractivity contribution in [2.45, 2.75) is 25.9 Å². The molecule has 0 aliphatic heterocycles. The Hall–Kier alpha value is -1.33. The molecule has 1 unspecified atom stereocenters. The predicted molar refractivity (Wildman–Crippen MR) is 74.7 cm³/mol. The minimum atomic E-state index is -1.38. The van der Waals surface area contributed by atoms with Crippen LogP contribution in [0.25, 0.3) is 11.0 Å². The van der Waals surface area contributed by atoms with Crippen LogP contribution in [0.3, 0.4) is 0 Å². The Balaban J connectivity index is 2.29. The molecule has 0 saturated heterocycles. The number of hydrogen-bond acceptors (Lipinski definition) is 4.